The van der Waals surface area contributed by atoms with E-state index in [4.69, 9.17) is 11.6 Å². The summed E-state index contributed by atoms with van der Waals surface area (Å²) in [6.45, 7) is 2.59. The van der Waals surface area contributed by atoms with Gasteiger partial charge in [-0.25, -0.2) is 8.42 Å². The number of carbonyl (C=O) groups excluding carboxylic acids is 2. The normalized spacial score (nSPS) is 21.5. The molecule has 1 N–H and O–H groups in total. The van der Waals surface area contributed by atoms with Crippen LogP contribution in [0.5, 0.6) is 0 Å². The highest BCUT2D eigenvalue weighted by Crippen LogP contribution is 2.24. The zero-order valence-electron chi connectivity index (χ0n) is 15.5. The van der Waals surface area contributed by atoms with Crippen molar-refractivity contribution in [3.63, 3.8) is 0 Å². The lowest BCUT2D eigenvalue weighted by atomic mass is 10.2. The van der Waals surface area contributed by atoms with Gasteiger partial charge < -0.3 is 15.1 Å². The predicted molar refractivity (Wildman–Crippen MR) is 113 cm³/mol. The van der Waals surface area contributed by atoms with Crippen molar-refractivity contribution in [1.82, 2.24) is 10.2 Å². The van der Waals surface area contributed by atoms with Crippen molar-refractivity contribution in [2.24, 2.45) is 0 Å². The molecule has 2 aliphatic rings. The number of piperazine rings is 1. The molecule has 2 fully saturated rings. The first-order valence-corrected chi connectivity index (χ1v) is 12.4. The Labute approximate surface area is 174 Å². The van der Waals surface area contributed by atoms with Gasteiger partial charge in [-0.3, -0.25) is 9.59 Å². The number of benzene rings is 1. The predicted octanol–water partition coefficient (Wildman–Crippen LogP) is 1.03. The Balaban J connectivity index is 1.36. The molecule has 10 heteroatoms. The zero-order chi connectivity index (χ0) is 20.1. The Bertz CT molecular complexity index is 826. The molecule has 0 radical (unpaired) electrons. The Morgan fingerprint density at radius 2 is 1.96 bits per heavy atom. The third-order valence-corrected chi connectivity index (χ3v) is 8.40. The number of carbonyl (C=O) groups is 2. The summed E-state index contributed by atoms with van der Waals surface area (Å²) in [5, 5.41) is 3.31. The maximum Gasteiger partial charge on any atom is 0.242 e. The molecule has 2 heterocycles. The van der Waals surface area contributed by atoms with Crippen LogP contribution >= 0.6 is 23.4 Å². The highest BCUT2D eigenvalue weighted by molar-refractivity contribution is 8.02. The first-order chi connectivity index (χ1) is 13.3. The lowest BCUT2D eigenvalue weighted by Crippen LogP contribution is -2.51. The van der Waals surface area contributed by atoms with E-state index in [9.17, 15) is 18.0 Å². The average Bonchev–Trinajstić information content (AvgIpc) is 3.03. The number of nitrogens with zero attached hydrogens (tertiary/aromatic N) is 2. The number of thioether (sulfide) groups is 1. The second-order valence-electron chi connectivity index (χ2n) is 6.96. The summed E-state index contributed by atoms with van der Waals surface area (Å²) >= 11 is 7.38. The van der Waals surface area contributed by atoms with Crippen molar-refractivity contribution in [2.45, 2.75) is 11.7 Å². The van der Waals surface area contributed by atoms with Gasteiger partial charge in [0.1, 0.15) is 0 Å². The van der Waals surface area contributed by atoms with Gasteiger partial charge in [0.2, 0.25) is 11.8 Å². The Morgan fingerprint density at radius 3 is 2.61 bits per heavy atom. The van der Waals surface area contributed by atoms with Gasteiger partial charge in [-0.1, -0.05) is 17.7 Å². The van der Waals surface area contributed by atoms with Crippen LogP contribution in [-0.4, -0.2) is 80.4 Å². The van der Waals surface area contributed by atoms with E-state index in [1.54, 1.807) is 4.90 Å². The second-order valence-corrected chi connectivity index (χ2v) is 10.9. The number of amides is 2. The van der Waals surface area contributed by atoms with Crippen LogP contribution in [0.1, 0.15) is 6.42 Å². The van der Waals surface area contributed by atoms with E-state index >= 15 is 0 Å². The van der Waals surface area contributed by atoms with Crippen molar-refractivity contribution in [1.29, 1.82) is 0 Å². The highest BCUT2D eigenvalue weighted by Gasteiger charge is 2.28. The smallest absolute Gasteiger partial charge is 0.242 e. The van der Waals surface area contributed by atoms with E-state index < -0.39 is 9.84 Å². The van der Waals surface area contributed by atoms with Crippen LogP contribution in [-0.2, 0) is 19.4 Å². The van der Waals surface area contributed by atoms with E-state index in [0.29, 0.717) is 37.6 Å². The van der Waals surface area contributed by atoms with Gasteiger partial charge in [-0.2, -0.15) is 0 Å². The molecule has 0 saturated carbocycles. The van der Waals surface area contributed by atoms with Crippen LogP contribution in [0.25, 0.3) is 0 Å². The number of hydrogen-bond donors (Lipinski definition) is 1. The Hall–Kier alpha value is -1.45. The standard InChI is InChI=1S/C18H24ClN3O4S2/c19-14-2-1-3-15(10-14)21-5-7-22(8-6-21)18(24)11-20-17(23)12-27-16-4-9-28(25,26)13-16/h1-3,10,16H,4-9,11-13H2,(H,20,23). The molecule has 0 aliphatic carbocycles. The van der Waals surface area contributed by atoms with E-state index in [0.717, 1.165) is 5.69 Å². The molecule has 2 amide bonds. The topological polar surface area (TPSA) is 86.8 Å². The molecule has 1 aromatic carbocycles. The molecule has 1 atom stereocenters. The maximum atomic E-state index is 12.3. The molecular weight excluding hydrogens is 422 g/mol. The van der Waals surface area contributed by atoms with E-state index in [1.807, 2.05) is 24.3 Å². The van der Waals surface area contributed by atoms with Crippen LogP contribution < -0.4 is 10.2 Å². The quantitative estimate of drug-likeness (QED) is 0.703. The highest BCUT2D eigenvalue weighted by atomic mass is 35.5. The maximum absolute atomic E-state index is 12.3. The first-order valence-electron chi connectivity index (χ1n) is 9.19. The second kappa shape index (κ2) is 9.37. The van der Waals surface area contributed by atoms with E-state index in [-0.39, 0.29) is 40.9 Å². The molecule has 0 aromatic heterocycles. The van der Waals surface area contributed by atoms with Crippen molar-refractivity contribution in [3.05, 3.63) is 29.3 Å². The lowest BCUT2D eigenvalue weighted by molar-refractivity contribution is -0.132. The van der Waals surface area contributed by atoms with Crippen molar-refractivity contribution < 1.29 is 18.0 Å². The van der Waals surface area contributed by atoms with Crippen LogP contribution in [0.2, 0.25) is 5.02 Å². The van der Waals surface area contributed by atoms with Gasteiger partial charge in [0.05, 0.1) is 23.8 Å². The van der Waals surface area contributed by atoms with Crippen LogP contribution in [0.15, 0.2) is 24.3 Å². The minimum Gasteiger partial charge on any atom is -0.368 e. The molecule has 3 rings (SSSR count). The molecule has 28 heavy (non-hydrogen) atoms. The SMILES string of the molecule is O=C(CSC1CCS(=O)(=O)C1)NCC(=O)N1CCN(c2cccc(Cl)c2)CC1. The van der Waals surface area contributed by atoms with Gasteiger partial charge in [0, 0.05) is 42.1 Å². The summed E-state index contributed by atoms with van der Waals surface area (Å²) in [7, 11) is -2.94. The number of rotatable bonds is 6. The van der Waals surface area contributed by atoms with Crippen LogP contribution in [0, 0.1) is 0 Å². The number of halogens is 1. The minimum absolute atomic E-state index is 0.0222. The van der Waals surface area contributed by atoms with Crippen LogP contribution in [0.4, 0.5) is 5.69 Å². The summed E-state index contributed by atoms with van der Waals surface area (Å²) in [4.78, 5) is 28.2. The lowest BCUT2D eigenvalue weighted by Gasteiger charge is -2.36. The zero-order valence-corrected chi connectivity index (χ0v) is 17.9. The molecule has 154 valence electrons. The number of nitrogens with one attached hydrogen (secondary N) is 1. The van der Waals surface area contributed by atoms with Gasteiger partial charge in [-0.15, -0.1) is 11.8 Å². The van der Waals surface area contributed by atoms with E-state index in [1.165, 1.54) is 11.8 Å². The monoisotopic (exact) mass is 445 g/mol. The number of sulfone groups is 1. The fourth-order valence-electron chi connectivity index (χ4n) is 3.31. The first kappa shape index (κ1) is 21.3. The summed E-state index contributed by atoms with van der Waals surface area (Å²) in [5.41, 5.74) is 1.04. The van der Waals surface area contributed by atoms with Crippen molar-refractivity contribution >= 4 is 50.7 Å². The molecule has 1 aromatic rings. The largest absolute Gasteiger partial charge is 0.368 e. The molecule has 1 unspecified atom stereocenters. The Morgan fingerprint density at radius 1 is 1.21 bits per heavy atom. The fraction of sp³-hybridized carbons (Fsp3) is 0.556. The van der Waals surface area contributed by atoms with E-state index in [2.05, 4.69) is 10.2 Å². The fourth-order valence-corrected chi connectivity index (χ4v) is 6.97. The summed E-state index contributed by atoms with van der Waals surface area (Å²) in [6, 6.07) is 7.64. The Kier molecular flexibility index (Phi) is 7.11. The van der Waals surface area contributed by atoms with Crippen molar-refractivity contribution in [2.75, 3.05) is 54.9 Å². The third-order valence-electron chi connectivity index (χ3n) is 4.88. The summed E-state index contributed by atoms with van der Waals surface area (Å²) in [6.07, 6.45) is 0.593. The van der Waals surface area contributed by atoms with Crippen molar-refractivity contribution in [3.8, 4) is 0 Å². The minimum atomic E-state index is -2.94. The molecule has 0 spiro atoms. The summed E-state index contributed by atoms with van der Waals surface area (Å²) in [5.74, 6) is 0.177. The molecular formula is C18H24ClN3O4S2. The summed E-state index contributed by atoms with van der Waals surface area (Å²) < 4.78 is 22.9. The molecule has 7 nitrogen and oxygen atoms in total. The third kappa shape index (κ3) is 6.02. The van der Waals surface area contributed by atoms with Gasteiger partial charge >= 0.3 is 0 Å². The average molecular weight is 446 g/mol. The van der Waals surface area contributed by atoms with Gasteiger partial charge in [0.15, 0.2) is 9.84 Å². The molecule has 0 bridgehead atoms. The molecule has 2 saturated heterocycles. The number of anilines is 1. The van der Waals surface area contributed by atoms with Gasteiger partial charge in [-0.05, 0) is 24.6 Å². The van der Waals surface area contributed by atoms with Gasteiger partial charge in [0.25, 0.3) is 0 Å². The molecule has 2 aliphatic heterocycles. The van der Waals surface area contributed by atoms with Crippen LogP contribution in [0.3, 0.4) is 0 Å². The number of hydrogen-bond acceptors (Lipinski definition) is 6.